The third-order valence-electron chi connectivity index (χ3n) is 4.82. The van der Waals surface area contributed by atoms with Gasteiger partial charge < -0.3 is 10.2 Å². The Morgan fingerprint density at radius 3 is 2.61 bits per heavy atom. The minimum absolute atomic E-state index is 0.00913. The van der Waals surface area contributed by atoms with Crippen molar-refractivity contribution >= 4 is 21.8 Å². The number of nitrogens with one attached hydrogen (secondary N) is 2. The molecule has 1 unspecified atom stereocenters. The zero-order valence-electron chi connectivity index (χ0n) is 16.5. The van der Waals surface area contributed by atoms with Crippen molar-refractivity contribution in [2.24, 2.45) is 0 Å². The van der Waals surface area contributed by atoms with E-state index in [1.807, 2.05) is 30.3 Å². The number of hydrogen-bond donors (Lipinski definition) is 2. The normalized spacial score (nSPS) is 19.5. The molecule has 8 heteroatoms. The zero-order chi connectivity index (χ0) is 20.4. The molecule has 1 saturated heterocycles. The van der Waals surface area contributed by atoms with Gasteiger partial charge in [0.25, 0.3) is 0 Å². The summed E-state index contributed by atoms with van der Waals surface area (Å²) in [6.07, 6.45) is 4.35. The minimum Gasteiger partial charge on any atom is -0.356 e. The van der Waals surface area contributed by atoms with Gasteiger partial charge >= 0.3 is 0 Å². The summed E-state index contributed by atoms with van der Waals surface area (Å²) in [5.74, 6) is -0.411. The first-order chi connectivity index (χ1) is 13.4. The molecule has 28 heavy (non-hydrogen) atoms. The molecule has 1 aromatic rings. The monoisotopic (exact) mass is 409 g/mol. The lowest BCUT2D eigenvalue weighted by Crippen LogP contribution is -2.44. The quantitative estimate of drug-likeness (QED) is 0.751. The van der Waals surface area contributed by atoms with E-state index in [9.17, 15) is 18.0 Å². The fraction of sp³-hybridized carbons (Fsp3) is 0.600. The number of nitrogens with zero attached hydrogens (tertiary/aromatic N) is 1. The molecule has 2 amide bonds. The van der Waals surface area contributed by atoms with Gasteiger partial charge in [0.15, 0.2) is 0 Å². The fourth-order valence-corrected chi connectivity index (χ4v) is 4.41. The molecular weight excluding hydrogens is 378 g/mol. The Kier molecular flexibility index (Phi) is 8.92. The summed E-state index contributed by atoms with van der Waals surface area (Å²) in [5, 5.41) is 2.92. The third-order valence-corrected chi connectivity index (χ3v) is 6.35. The molecule has 2 rings (SSSR count). The van der Waals surface area contributed by atoms with Crippen LogP contribution in [0.5, 0.6) is 0 Å². The highest BCUT2D eigenvalue weighted by molar-refractivity contribution is 7.89. The molecule has 1 aliphatic heterocycles. The highest BCUT2D eigenvalue weighted by Crippen LogP contribution is 2.25. The van der Waals surface area contributed by atoms with Crippen molar-refractivity contribution in [3.8, 4) is 0 Å². The second kappa shape index (κ2) is 11.2. The smallest absolute Gasteiger partial charge is 0.238 e. The minimum atomic E-state index is -3.47. The first-order valence-electron chi connectivity index (χ1n) is 10.0. The Morgan fingerprint density at radius 2 is 1.89 bits per heavy atom. The number of amides is 2. The lowest BCUT2D eigenvalue weighted by atomic mass is 10.0. The standard InChI is InChI=1S/C20H31N3O4S/c1-2-14-28(26,27)22-16-20(25)23-13-9-4-3-8-12-21-19(24)15-18(23)17-10-6-5-7-11-17/h5-7,10-11,18,22H,2-4,8-9,12-16H2,1H3,(H,21,24). The first kappa shape index (κ1) is 22.4. The van der Waals surface area contributed by atoms with Gasteiger partial charge in [0.1, 0.15) is 0 Å². The van der Waals surface area contributed by atoms with Crippen molar-refractivity contribution in [1.29, 1.82) is 0 Å². The molecule has 1 atom stereocenters. The van der Waals surface area contributed by atoms with Crippen LogP contribution in [-0.4, -0.2) is 50.5 Å². The molecule has 1 aliphatic rings. The molecule has 2 N–H and O–H groups in total. The van der Waals surface area contributed by atoms with Crippen LogP contribution < -0.4 is 10.0 Å². The van der Waals surface area contributed by atoms with E-state index in [1.165, 1.54) is 0 Å². The molecule has 0 bridgehead atoms. The number of benzene rings is 1. The van der Waals surface area contributed by atoms with Crippen molar-refractivity contribution in [1.82, 2.24) is 14.9 Å². The largest absolute Gasteiger partial charge is 0.356 e. The molecule has 0 spiro atoms. The maximum atomic E-state index is 13.0. The molecule has 0 aliphatic carbocycles. The number of carbonyl (C=O) groups excluding carboxylic acids is 2. The molecule has 0 aromatic heterocycles. The second-order valence-electron chi connectivity index (χ2n) is 7.12. The van der Waals surface area contributed by atoms with Crippen LogP contribution in [0, 0.1) is 0 Å². The van der Waals surface area contributed by atoms with Crippen molar-refractivity contribution in [3.63, 3.8) is 0 Å². The van der Waals surface area contributed by atoms with E-state index in [-0.39, 0.29) is 30.5 Å². The van der Waals surface area contributed by atoms with Crippen molar-refractivity contribution in [2.75, 3.05) is 25.4 Å². The van der Waals surface area contributed by atoms with Crippen molar-refractivity contribution in [3.05, 3.63) is 35.9 Å². The van der Waals surface area contributed by atoms with Gasteiger partial charge in [-0.15, -0.1) is 0 Å². The van der Waals surface area contributed by atoms with Gasteiger partial charge in [0, 0.05) is 13.1 Å². The molecular formula is C20H31N3O4S. The van der Waals surface area contributed by atoms with Gasteiger partial charge in [-0.1, -0.05) is 50.1 Å². The summed E-state index contributed by atoms with van der Waals surface area (Å²) in [5.41, 5.74) is 0.877. The van der Waals surface area contributed by atoms with Crippen LogP contribution in [-0.2, 0) is 19.6 Å². The van der Waals surface area contributed by atoms with Crippen LogP contribution in [0.4, 0.5) is 0 Å². The van der Waals surface area contributed by atoms with Crippen molar-refractivity contribution < 1.29 is 18.0 Å². The molecule has 1 aromatic carbocycles. The van der Waals surface area contributed by atoms with Gasteiger partial charge in [-0.05, 0) is 24.8 Å². The van der Waals surface area contributed by atoms with Crippen LogP contribution >= 0.6 is 0 Å². The Morgan fingerprint density at radius 1 is 1.18 bits per heavy atom. The van der Waals surface area contributed by atoms with Gasteiger partial charge in [0.05, 0.1) is 24.8 Å². The number of hydrogen-bond acceptors (Lipinski definition) is 4. The van der Waals surface area contributed by atoms with Crippen LogP contribution in [0.25, 0.3) is 0 Å². The SMILES string of the molecule is CCCS(=O)(=O)NCC(=O)N1CCCCCCNC(=O)CC1c1ccccc1. The number of rotatable bonds is 6. The summed E-state index contributed by atoms with van der Waals surface area (Å²) >= 11 is 0. The van der Waals surface area contributed by atoms with E-state index in [0.29, 0.717) is 19.5 Å². The van der Waals surface area contributed by atoms with Crippen LogP contribution in [0.3, 0.4) is 0 Å². The first-order valence-corrected chi connectivity index (χ1v) is 11.7. The summed E-state index contributed by atoms with van der Waals surface area (Å²) in [6, 6.07) is 9.04. The average molecular weight is 410 g/mol. The second-order valence-corrected chi connectivity index (χ2v) is 9.05. The summed E-state index contributed by atoms with van der Waals surface area (Å²) in [7, 11) is -3.47. The predicted molar refractivity (Wildman–Crippen MR) is 109 cm³/mol. The van der Waals surface area contributed by atoms with E-state index in [0.717, 1.165) is 31.2 Å². The van der Waals surface area contributed by atoms with E-state index >= 15 is 0 Å². The Balaban J connectivity index is 2.23. The molecule has 0 radical (unpaired) electrons. The Hall–Kier alpha value is -1.93. The number of carbonyl (C=O) groups is 2. The average Bonchev–Trinajstić information content (AvgIpc) is 2.71. The zero-order valence-corrected chi connectivity index (χ0v) is 17.3. The van der Waals surface area contributed by atoms with Crippen molar-refractivity contribution in [2.45, 2.75) is 51.5 Å². The van der Waals surface area contributed by atoms with E-state index in [1.54, 1.807) is 11.8 Å². The van der Waals surface area contributed by atoms with Crippen LogP contribution in [0.1, 0.15) is 57.1 Å². The number of sulfonamides is 1. The summed E-state index contributed by atoms with van der Waals surface area (Å²) in [6.45, 7) is 2.64. The van der Waals surface area contributed by atoms with E-state index in [2.05, 4.69) is 10.0 Å². The van der Waals surface area contributed by atoms with E-state index in [4.69, 9.17) is 0 Å². The summed E-state index contributed by atoms with van der Waals surface area (Å²) in [4.78, 5) is 27.0. The molecule has 1 heterocycles. The lowest BCUT2D eigenvalue weighted by molar-refractivity contribution is -0.134. The van der Waals surface area contributed by atoms with Crippen LogP contribution in [0.2, 0.25) is 0 Å². The predicted octanol–water partition coefficient (Wildman–Crippen LogP) is 1.97. The Labute approximate surface area is 167 Å². The van der Waals surface area contributed by atoms with Gasteiger partial charge in [-0.25, -0.2) is 13.1 Å². The van der Waals surface area contributed by atoms with Gasteiger partial charge in [-0.2, -0.15) is 0 Å². The molecule has 156 valence electrons. The van der Waals surface area contributed by atoms with Gasteiger partial charge in [-0.3, -0.25) is 9.59 Å². The highest BCUT2D eigenvalue weighted by Gasteiger charge is 2.28. The summed E-state index contributed by atoms with van der Waals surface area (Å²) < 4.78 is 26.3. The molecule has 1 fully saturated rings. The topological polar surface area (TPSA) is 95.6 Å². The maximum absolute atomic E-state index is 13.0. The Bertz CT molecular complexity index is 737. The maximum Gasteiger partial charge on any atom is 0.238 e. The highest BCUT2D eigenvalue weighted by atomic mass is 32.2. The van der Waals surface area contributed by atoms with Gasteiger partial charge in [0.2, 0.25) is 21.8 Å². The molecule has 7 nitrogen and oxygen atoms in total. The van der Waals surface area contributed by atoms with Crippen LogP contribution in [0.15, 0.2) is 30.3 Å². The third kappa shape index (κ3) is 7.24. The fourth-order valence-electron chi connectivity index (χ4n) is 3.39. The molecule has 0 saturated carbocycles. The lowest BCUT2D eigenvalue weighted by Gasteiger charge is -2.32. The van der Waals surface area contributed by atoms with E-state index < -0.39 is 16.1 Å².